The van der Waals surface area contributed by atoms with Crippen LogP contribution in [0.25, 0.3) is 0 Å². The molecule has 4 aliphatic rings. The van der Waals surface area contributed by atoms with Crippen LogP contribution in [0.15, 0.2) is 0 Å². The Hall–Kier alpha value is -0.160. The van der Waals surface area contributed by atoms with Crippen LogP contribution >= 0.6 is 0 Å². The second kappa shape index (κ2) is 6.53. The third-order valence-corrected chi connectivity index (χ3v) is 7.53. The number of rotatable bonds is 4. The summed E-state index contributed by atoms with van der Waals surface area (Å²) in [6.07, 6.45) is 7.10. The van der Waals surface area contributed by atoms with E-state index < -0.39 is 0 Å². The first-order chi connectivity index (χ1) is 11.5. The molecule has 4 fully saturated rings. The van der Waals surface area contributed by atoms with Crippen molar-refractivity contribution in [1.29, 1.82) is 0 Å². The van der Waals surface area contributed by atoms with E-state index in [0.717, 1.165) is 6.04 Å². The smallest absolute Gasteiger partial charge is 0.00850 e. The van der Waals surface area contributed by atoms with Crippen LogP contribution in [0, 0.1) is 10.8 Å². The van der Waals surface area contributed by atoms with E-state index in [1.54, 1.807) is 0 Å². The van der Waals surface area contributed by atoms with Crippen LogP contribution in [0.4, 0.5) is 0 Å². The second-order valence-electron chi connectivity index (χ2n) is 9.90. The summed E-state index contributed by atoms with van der Waals surface area (Å²) in [7, 11) is 4.57. The molecule has 0 amide bonds. The van der Waals surface area contributed by atoms with E-state index in [1.165, 1.54) is 91.0 Å². The fraction of sp³-hybridized carbons (Fsp3) is 1.00. The van der Waals surface area contributed by atoms with Crippen LogP contribution in [0.3, 0.4) is 0 Å². The van der Waals surface area contributed by atoms with Crippen molar-refractivity contribution in [3.63, 3.8) is 0 Å². The molecule has 2 unspecified atom stereocenters. The number of likely N-dealkylation sites (tertiary alicyclic amines) is 4. The Morgan fingerprint density at radius 2 is 1.54 bits per heavy atom. The standard InChI is InChI=1S/C20H38N4/c1-18(24-12-8-19(17-24)7-11-21(2)13-19)5-10-23-9-4-6-20(16-23)14-22(3)15-20/h18H,4-17H2,1-3H3. The lowest BCUT2D eigenvalue weighted by molar-refractivity contribution is -0.0414. The summed E-state index contributed by atoms with van der Waals surface area (Å²) in [5.41, 5.74) is 1.29. The van der Waals surface area contributed by atoms with Crippen molar-refractivity contribution in [2.45, 2.75) is 45.1 Å². The summed E-state index contributed by atoms with van der Waals surface area (Å²) >= 11 is 0. The summed E-state index contributed by atoms with van der Waals surface area (Å²) in [5, 5.41) is 0. The summed E-state index contributed by atoms with van der Waals surface area (Å²) < 4.78 is 0. The largest absolute Gasteiger partial charge is 0.306 e. The molecule has 0 radical (unpaired) electrons. The Labute approximate surface area is 149 Å². The van der Waals surface area contributed by atoms with E-state index in [2.05, 4.69) is 40.6 Å². The van der Waals surface area contributed by atoms with Gasteiger partial charge in [-0.25, -0.2) is 0 Å². The van der Waals surface area contributed by atoms with Gasteiger partial charge in [0.25, 0.3) is 0 Å². The lowest BCUT2D eigenvalue weighted by atomic mass is 9.73. The minimum absolute atomic E-state index is 0.634. The minimum atomic E-state index is 0.634. The number of nitrogens with zero attached hydrogens (tertiary/aromatic N) is 4. The van der Waals surface area contributed by atoms with Gasteiger partial charge in [0.1, 0.15) is 0 Å². The lowest BCUT2D eigenvalue weighted by Crippen LogP contribution is -2.61. The number of piperidine rings is 1. The van der Waals surface area contributed by atoms with Crippen molar-refractivity contribution < 1.29 is 0 Å². The van der Waals surface area contributed by atoms with E-state index >= 15 is 0 Å². The molecular weight excluding hydrogens is 296 g/mol. The van der Waals surface area contributed by atoms with Gasteiger partial charge in [0.2, 0.25) is 0 Å². The normalized spacial score (nSPS) is 36.6. The van der Waals surface area contributed by atoms with Crippen molar-refractivity contribution in [1.82, 2.24) is 19.6 Å². The minimum Gasteiger partial charge on any atom is -0.306 e. The van der Waals surface area contributed by atoms with Crippen molar-refractivity contribution >= 4 is 0 Å². The molecule has 2 spiro atoms. The Kier molecular flexibility index (Phi) is 4.70. The molecule has 138 valence electrons. The average Bonchev–Trinajstić information content (AvgIpc) is 3.11. The lowest BCUT2D eigenvalue weighted by Gasteiger charge is -2.53. The Balaban J connectivity index is 1.23. The molecule has 0 bridgehead atoms. The molecule has 0 aromatic heterocycles. The van der Waals surface area contributed by atoms with Crippen molar-refractivity contribution in [3.8, 4) is 0 Å². The molecule has 0 N–H and O–H groups in total. The van der Waals surface area contributed by atoms with Crippen LogP contribution in [0.5, 0.6) is 0 Å². The highest BCUT2D eigenvalue weighted by atomic mass is 15.2. The molecule has 0 aromatic rings. The maximum atomic E-state index is 2.80. The topological polar surface area (TPSA) is 13.0 Å². The molecule has 0 aromatic carbocycles. The summed E-state index contributed by atoms with van der Waals surface area (Å²) in [4.78, 5) is 10.6. The second-order valence-corrected chi connectivity index (χ2v) is 9.90. The van der Waals surface area contributed by atoms with Crippen molar-refractivity contribution in [2.24, 2.45) is 10.8 Å². The SMILES string of the molecule is CC(CCN1CCCC2(CN(C)C2)C1)N1CCC2(CCN(C)C2)C1. The van der Waals surface area contributed by atoms with Gasteiger partial charge in [-0.2, -0.15) is 0 Å². The van der Waals surface area contributed by atoms with Crippen LogP contribution in [-0.4, -0.2) is 98.6 Å². The van der Waals surface area contributed by atoms with Gasteiger partial charge in [-0.1, -0.05) is 0 Å². The van der Waals surface area contributed by atoms with Crippen LogP contribution < -0.4 is 0 Å². The van der Waals surface area contributed by atoms with E-state index in [1.807, 2.05) is 0 Å². The van der Waals surface area contributed by atoms with Gasteiger partial charge in [-0.15, -0.1) is 0 Å². The first kappa shape index (κ1) is 17.3. The maximum Gasteiger partial charge on any atom is 0.00850 e. The van der Waals surface area contributed by atoms with Gasteiger partial charge in [-0.05, 0) is 84.7 Å². The Morgan fingerprint density at radius 3 is 2.25 bits per heavy atom. The molecule has 24 heavy (non-hydrogen) atoms. The highest BCUT2D eigenvalue weighted by Crippen LogP contribution is 2.40. The first-order valence-electron chi connectivity index (χ1n) is 10.3. The zero-order valence-corrected chi connectivity index (χ0v) is 16.3. The third kappa shape index (κ3) is 3.40. The van der Waals surface area contributed by atoms with Gasteiger partial charge in [0, 0.05) is 44.2 Å². The van der Waals surface area contributed by atoms with Crippen LogP contribution in [0.1, 0.15) is 39.0 Å². The third-order valence-electron chi connectivity index (χ3n) is 7.53. The van der Waals surface area contributed by atoms with Gasteiger partial charge < -0.3 is 14.7 Å². The molecule has 4 nitrogen and oxygen atoms in total. The molecule has 4 saturated heterocycles. The van der Waals surface area contributed by atoms with Crippen LogP contribution in [-0.2, 0) is 0 Å². The predicted molar refractivity (Wildman–Crippen MR) is 100 cm³/mol. The molecule has 4 rings (SSSR count). The van der Waals surface area contributed by atoms with E-state index in [-0.39, 0.29) is 0 Å². The molecule has 0 saturated carbocycles. The van der Waals surface area contributed by atoms with Crippen molar-refractivity contribution in [3.05, 3.63) is 0 Å². The molecule has 4 heterocycles. The van der Waals surface area contributed by atoms with E-state index in [4.69, 9.17) is 0 Å². The van der Waals surface area contributed by atoms with Gasteiger partial charge >= 0.3 is 0 Å². The van der Waals surface area contributed by atoms with Gasteiger partial charge in [-0.3, -0.25) is 4.90 Å². The fourth-order valence-corrected chi connectivity index (χ4v) is 6.25. The Morgan fingerprint density at radius 1 is 0.792 bits per heavy atom. The van der Waals surface area contributed by atoms with E-state index in [0.29, 0.717) is 10.8 Å². The first-order valence-corrected chi connectivity index (χ1v) is 10.3. The summed E-state index contributed by atoms with van der Waals surface area (Å²) in [5.74, 6) is 0. The zero-order chi connectivity index (χ0) is 16.8. The van der Waals surface area contributed by atoms with Gasteiger partial charge in [0.15, 0.2) is 0 Å². The van der Waals surface area contributed by atoms with Crippen LogP contribution in [0.2, 0.25) is 0 Å². The van der Waals surface area contributed by atoms with E-state index in [9.17, 15) is 0 Å². The zero-order valence-electron chi connectivity index (χ0n) is 16.3. The summed E-state index contributed by atoms with van der Waals surface area (Å²) in [6.45, 7) is 14.5. The quantitative estimate of drug-likeness (QED) is 0.777. The van der Waals surface area contributed by atoms with Gasteiger partial charge in [0.05, 0.1) is 0 Å². The Bertz CT molecular complexity index is 441. The molecular formula is C20H38N4. The highest BCUT2D eigenvalue weighted by Gasteiger charge is 2.45. The highest BCUT2D eigenvalue weighted by molar-refractivity contribution is 4.99. The maximum absolute atomic E-state index is 2.80. The molecule has 0 aliphatic carbocycles. The molecule has 4 heteroatoms. The number of hydrogen-bond acceptors (Lipinski definition) is 4. The molecule has 2 atom stereocenters. The monoisotopic (exact) mass is 334 g/mol. The average molecular weight is 335 g/mol. The predicted octanol–water partition coefficient (Wildman–Crippen LogP) is 1.82. The summed E-state index contributed by atoms with van der Waals surface area (Å²) in [6, 6.07) is 0.761. The van der Waals surface area contributed by atoms with Crippen molar-refractivity contribution in [2.75, 3.05) is 73.0 Å². The molecule has 4 aliphatic heterocycles. The number of hydrogen-bond donors (Lipinski definition) is 0. The fourth-order valence-electron chi connectivity index (χ4n) is 6.25.